The molecule has 5 rings (SSSR count). The maximum atomic E-state index is 12.6. The molecule has 4 aromatic carbocycles. The number of aromatic nitrogens is 1. The van der Waals surface area contributed by atoms with Crippen molar-refractivity contribution >= 4 is 29.4 Å². The number of rotatable bonds is 7. The quantitative estimate of drug-likeness (QED) is 0.140. The number of hydrogen-bond acceptors (Lipinski definition) is 4. The van der Waals surface area contributed by atoms with Gasteiger partial charge < -0.3 is 4.57 Å². The number of nitro benzene ring substituents is 1. The van der Waals surface area contributed by atoms with Gasteiger partial charge in [0, 0.05) is 34.0 Å². The molecule has 0 aliphatic rings. The van der Waals surface area contributed by atoms with Gasteiger partial charge >= 0.3 is 0 Å². The molecule has 1 amide bonds. The normalized spacial score (nSPS) is 11.0. The molecular weight excluding hydrogens is 500 g/mol. The van der Waals surface area contributed by atoms with Crippen LogP contribution in [0.2, 0.25) is 5.02 Å². The fourth-order valence-corrected chi connectivity index (χ4v) is 4.38. The van der Waals surface area contributed by atoms with E-state index in [1.165, 1.54) is 12.1 Å². The number of halogens is 1. The Morgan fingerprint density at radius 2 is 1.50 bits per heavy atom. The molecule has 1 N–H and O–H groups in total. The molecule has 0 spiro atoms. The summed E-state index contributed by atoms with van der Waals surface area (Å²) in [6.07, 6.45) is 1.60. The molecule has 0 radical (unpaired) electrons. The summed E-state index contributed by atoms with van der Waals surface area (Å²) in [5.74, 6) is -0.386. The van der Waals surface area contributed by atoms with Gasteiger partial charge in [0.1, 0.15) is 0 Å². The standard InChI is InChI=1S/C30H21ClN4O3/c31-25-13-7-12-23(18-25)30(36)33-32-20-24-19-28(21-8-3-1-4-9-21)34(29(24)22-10-5-2-6-11-22)26-14-16-27(17-15-26)35(37)38/h1-20H,(H,33,36)/b32-20-. The van der Waals surface area contributed by atoms with Gasteiger partial charge in [-0.2, -0.15) is 5.10 Å². The number of nitro groups is 1. The number of hydrazone groups is 1. The molecule has 5 aromatic rings. The van der Waals surface area contributed by atoms with E-state index in [-0.39, 0.29) is 11.6 Å². The summed E-state index contributed by atoms with van der Waals surface area (Å²) in [4.78, 5) is 23.4. The van der Waals surface area contributed by atoms with Gasteiger partial charge in [-0.3, -0.25) is 14.9 Å². The molecule has 0 saturated carbocycles. The summed E-state index contributed by atoms with van der Waals surface area (Å²) in [5, 5.41) is 16.0. The molecule has 0 atom stereocenters. The largest absolute Gasteiger partial charge is 0.309 e. The van der Waals surface area contributed by atoms with Crippen LogP contribution in [-0.4, -0.2) is 21.6 Å². The van der Waals surface area contributed by atoms with Crippen molar-refractivity contribution in [3.05, 3.63) is 142 Å². The Kier molecular flexibility index (Phi) is 7.10. The van der Waals surface area contributed by atoms with E-state index in [9.17, 15) is 14.9 Å². The highest BCUT2D eigenvalue weighted by molar-refractivity contribution is 6.31. The van der Waals surface area contributed by atoms with Gasteiger partial charge in [-0.15, -0.1) is 0 Å². The lowest BCUT2D eigenvalue weighted by atomic mass is 10.1. The zero-order valence-corrected chi connectivity index (χ0v) is 20.7. The van der Waals surface area contributed by atoms with Gasteiger partial charge in [0.2, 0.25) is 0 Å². The Morgan fingerprint density at radius 3 is 2.13 bits per heavy atom. The first-order valence-electron chi connectivity index (χ1n) is 11.7. The third-order valence-electron chi connectivity index (χ3n) is 5.92. The summed E-state index contributed by atoms with van der Waals surface area (Å²) in [7, 11) is 0. The second-order valence-electron chi connectivity index (χ2n) is 8.38. The van der Waals surface area contributed by atoms with Crippen LogP contribution < -0.4 is 5.43 Å². The van der Waals surface area contributed by atoms with Crippen LogP contribution in [0.5, 0.6) is 0 Å². The van der Waals surface area contributed by atoms with E-state index >= 15 is 0 Å². The van der Waals surface area contributed by atoms with E-state index < -0.39 is 4.92 Å². The summed E-state index contributed by atoms with van der Waals surface area (Å²) < 4.78 is 2.04. The number of carbonyl (C=O) groups excluding carboxylic acids is 1. The first-order chi connectivity index (χ1) is 18.5. The Balaban J connectivity index is 1.64. The van der Waals surface area contributed by atoms with Crippen molar-refractivity contribution in [3.63, 3.8) is 0 Å². The topological polar surface area (TPSA) is 89.5 Å². The Morgan fingerprint density at radius 1 is 0.842 bits per heavy atom. The smallest absolute Gasteiger partial charge is 0.271 e. The van der Waals surface area contributed by atoms with Gasteiger partial charge in [-0.25, -0.2) is 5.43 Å². The predicted molar refractivity (Wildman–Crippen MR) is 150 cm³/mol. The van der Waals surface area contributed by atoms with Crippen LogP contribution in [0.25, 0.3) is 28.2 Å². The number of amides is 1. The van der Waals surface area contributed by atoms with Crippen LogP contribution >= 0.6 is 11.6 Å². The SMILES string of the molecule is O=C(N/N=C\c1cc(-c2ccccc2)n(-c2ccc([N+](=O)[O-])cc2)c1-c1ccccc1)c1cccc(Cl)c1. The third-order valence-corrected chi connectivity index (χ3v) is 6.16. The number of non-ortho nitro benzene ring substituents is 1. The molecule has 8 heteroatoms. The van der Waals surface area contributed by atoms with E-state index in [0.717, 1.165) is 33.8 Å². The number of hydrogen-bond donors (Lipinski definition) is 1. The summed E-state index contributed by atoms with van der Waals surface area (Å²) in [5.41, 5.74) is 8.01. The molecule has 0 unspecified atom stereocenters. The molecule has 0 fully saturated rings. The van der Waals surface area contributed by atoms with Crippen LogP contribution in [0.4, 0.5) is 5.69 Å². The minimum atomic E-state index is -0.420. The Hall–Kier alpha value is -5.01. The first kappa shape index (κ1) is 24.7. The van der Waals surface area contributed by atoms with Crippen molar-refractivity contribution in [2.24, 2.45) is 5.10 Å². The fourth-order valence-electron chi connectivity index (χ4n) is 4.19. The van der Waals surface area contributed by atoms with Crippen LogP contribution in [0.3, 0.4) is 0 Å². The van der Waals surface area contributed by atoms with Gasteiger partial charge in [-0.05, 0) is 47.5 Å². The molecule has 0 aliphatic heterocycles. The molecule has 7 nitrogen and oxygen atoms in total. The zero-order chi connectivity index (χ0) is 26.5. The van der Waals surface area contributed by atoms with Crippen LogP contribution in [0.1, 0.15) is 15.9 Å². The van der Waals surface area contributed by atoms with Crippen molar-refractivity contribution in [2.75, 3.05) is 0 Å². The molecule has 0 aliphatic carbocycles. The number of nitrogens with zero attached hydrogens (tertiary/aromatic N) is 3. The summed E-state index contributed by atoms with van der Waals surface area (Å²) in [6, 6.07) is 34.6. The van der Waals surface area contributed by atoms with Crippen molar-refractivity contribution in [2.45, 2.75) is 0 Å². The zero-order valence-electron chi connectivity index (χ0n) is 20.0. The van der Waals surface area contributed by atoms with E-state index in [1.54, 1.807) is 42.6 Å². The Labute approximate surface area is 223 Å². The molecule has 186 valence electrons. The molecule has 1 heterocycles. The van der Waals surface area contributed by atoms with E-state index in [1.807, 2.05) is 71.3 Å². The second kappa shape index (κ2) is 10.9. The predicted octanol–water partition coefficient (Wildman–Crippen LogP) is 7.14. The van der Waals surface area contributed by atoms with E-state index in [4.69, 9.17) is 11.6 Å². The summed E-state index contributed by atoms with van der Waals surface area (Å²) in [6.45, 7) is 0. The number of carbonyl (C=O) groups is 1. The van der Waals surface area contributed by atoms with Gasteiger partial charge in [-0.1, -0.05) is 78.3 Å². The highest BCUT2D eigenvalue weighted by Crippen LogP contribution is 2.35. The second-order valence-corrected chi connectivity index (χ2v) is 8.82. The maximum Gasteiger partial charge on any atom is 0.271 e. The summed E-state index contributed by atoms with van der Waals surface area (Å²) >= 11 is 6.01. The van der Waals surface area contributed by atoms with Gasteiger partial charge in [0.15, 0.2) is 0 Å². The monoisotopic (exact) mass is 520 g/mol. The minimum absolute atomic E-state index is 0.00828. The lowest BCUT2D eigenvalue weighted by molar-refractivity contribution is -0.384. The lowest BCUT2D eigenvalue weighted by Crippen LogP contribution is -2.17. The van der Waals surface area contributed by atoms with Crippen molar-refractivity contribution in [1.29, 1.82) is 0 Å². The molecule has 38 heavy (non-hydrogen) atoms. The average Bonchev–Trinajstić information content (AvgIpc) is 3.33. The van der Waals surface area contributed by atoms with Gasteiger partial charge in [0.25, 0.3) is 11.6 Å². The van der Waals surface area contributed by atoms with Crippen LogP contribution in [0, 0.1) is 10.1 Å². The van der Waals surface area contributed by atoms with Crippen molar-refractivity contribution < 1.29 is 9.72 Å². The van der Waals surface area contributed by atoms with E-state index in [2.05, 4.69) is 10.5 Å². The highest BCUT2D eigenvalue weighted by Gasteiger charge is 2.19. The third kappa shape index (κ3) is 5.23. The fraction of sp³-hybridized carbons (Fsp3) is 0. The minimum Gasteiger partial charge on any atom is -0.309 e. The Bertz CT molecular complexity index is 1630. The average molecular weight is 521 g/mol. The van der Waals surface area contributed by atoms with Crippen LogP contribution in [-0.2, 0) is 0 Å². The van der Waals surface area contributed by atoms with Gasteiger partial charge in [0.05, 0.1) is 22.5 Å². The number of benzene rings is 4. The van der Waals surface area contributed by atoms with Crippen LogP contribution in [0.15, 0.2) is 120 Å². The van der Waals surface area contributed by atoms with Crippen molar-refractivity contribution in [3.8, 4) is 28.2 Å². The molecule has 1 aromatic heterocycles. The van der Waals surface area contributed by atoms with Crippen molar-refractivity contribution in [1.82, 2.24) is 9.99 Å². The first-order valence-corrected chi connectivity index (χ1v) is 12.1. The molecular formula is C30H21ClN4O3. The lowest BCUT2D eigenvalue weighted by Gasteiger charge is -2.15. The highest BCUT2D eigenvalue weighted by atomic mass is 35.5. The van der Waals surface area contributed by atoms with E-state index in [0.29, 0.717) is 10.6 Å². The maximum absolute atomic E-state index is 12.6. The molecule has 0 bridgehead atoms. The molecule has 0 saturated heterocycles. The number of nitrogens with one attached hydrogen (secondary N) is 1.